The molecule has 0 spiro atoms. The predicted molar refractivity (Wildman–Crippen MR) is 138 cm³/mol. The molecule has 0 bridgehead atoms. The molecule has 6 nitrogen and oxygen atoms in total. The number of aryl methyl sites for hydroxylation is 2. The SMILES string of the molecule is CSc1cc(C)nc2c1CCC/C2=N\OCCCO/N=C1\CCC(SC)c2ccc(C)nc21. The number of oxime groups is 2. The number of nitrogens with zero attached hydrogens (tertiary/aromatic N) is 4. The summed E-state index contributed by atoms with van der Waals surface area (Å²) < 4.78 is 0. The van der Waals surface area contributed by atoms with Gasteiger partial charge >= 0.3 is 0 Å². The number of fused-ring (bicyclic) bond motifs is 2. The van der Waals surface area contributed by atoms with Crippen LogP contribution in [-0.4, -0.2) is 47.1 Å². The molecule has 0 radical (unpaired) electrons. The number of thioether (sulfide) groups is 2. The molecule has 2 aromatic rings. The molecule has 1 unspecified atom stereocenters. The summed E-state index contributed by atoms with van der Waals surface area (Å²) in [5.41, 5.74) is 8.52. The minimum Gasteiger partial charge on any atom is -0.395 e. The summed E-state index contributed by atoms with van der Waals surface area (Å²) in [6, 6.07) is 6.42. The summed E-state index contributed by atoms with van der Waals surface area (Å²) in [5, 5.41) is 9.33. The highest BCUT2D eigenvalue weighted by molar-refractivity contribution is 7.99. The molecule has 0 amide bonds. The van der Waals surface area contributed by atoms with Gasteiger partial charge in [0.1, 0.15) is 24.6 Å². The second kappa shape index (κ2) is 11.4. The molecular weight excluding hydrogens is 452 g/mol. The second-order valence-electron chi connectivity index (χ2n) is 8.40. The van der Waals surface area contributed by atoms with Gasteiger partial charge in [-0.1, -0.05) is 16.4 Å². The quantitative estimate of drug-likeness (QED) is 0.265. The Kier molecular flexibility index (Phi) is 8.30. The zero-order valence-corrected chi connectivity index (χ0v) is 21.5. The topological polar surface area (TPSA) is 69.0 Å². The predicted octanol–water partition coefficient (Wildman–Crippen LogP) is 5.88. The van der Waals surface area contributed by atoms with Gasteiger partial charge in [0.05, 0.1) is 11.4 Å². The molecule has 2 aliphatic carbocycles. The number of aromatic nitrogens is 2. The van der Waals surface area contributed by atoms with E-state index in [1.165, 1.54) is 16.0 Å². The Morgan fingerprint density at radius 3 is 2.39 bits per heavy atom. The van der Waals surface area contributed by atoms with Crippen LogP contribution in [0.3, 0.4) is 0 Å². The van der Waals surface area contributed by atoms with Crippen molar-refractivity contribution in [1.82, 2.24) is 9.97 Å². The highest BCUT2D eigenvalue weighted by Gasteiger charge is 2.25. The molecular formula is C25H32N4O2S2. The first-order valence-electron chi connectivity index (χ1n) is 11.5. The molecule has 0 N–H and O–H groups in total. The largest absolute Gasteiger partial charge is 0.395 e. The first-order valence-corrected chi connectivity index (χ1v) is 14.0. The monoisotopic (exact) mass is 484 g/mol. The summed E-state index contributed by atoms with van der Waals surface area (Å²) in [7, 11) is 0. The molecule has 8 heteroatoms. The Bertz CT molecular complexity index is 1050. The van der Waals surface area contributed by atoms with Crippen LogP contribution in [-0.2, 0) is 16.1 Å². The van der Waals surface area contributed by atoms with Crippen molar-refractivity contribution >= 4 is 34.9 Å². The van der Waals surface area contributed by atoms with Gasteiger partial charge in [-0.15, -0.1) is 11.8 Å². The first-order chi connectivity index (χ1) is 16.1. The van der Waals surface area contributed by atoms with E-state index in [0.29, 0.717) is 18.5 Å². The molecule has 0 fully saturated rings. The van der Waals surface area contributed by atoms with E-state index in [2.05, 4.69) is 41.0 Å². The van der Waals surface area contributed by atoms with Gasteiger partial charge in [-0.2, -0.15) is 11.8 Å². The Hall–Kier alpha value is -2.06. The first kappa shape index (κ1) is 24.1. The molecule has 0 aliphatic heterocycles. The molecule has 0 aromatic carbocycles. The molecule has 4 rings (SSSR count). The van der Waals surface area contributed by atoms with E-state index in [-0.39, 0.29) is 0 Å². The number of pyridine rings is 2. The van der Waals surface area contributed by atoms with Gasteiger partial charge in [-0.05, 0) is 81.7 Å². The standard InChI is InChI=1S/C25H32N4O2S2/c1-16-9-10-19-22(32-3)12-11-21(25(19)26-16)29-31-14-6-13-30-28-20-8-5-7-18-23(33-4)15-17(2)27-24(18)20/h9-10,15,22H,5-8,11-14H2,1-4H3/b28-20+,29-21+. The highest BCUT2D eigenvalue weighted by atomic mass is 32.2. The molecule has 2 aliphatic rings. The Balaban J connectivity index is 1.30. The summed E-state index contributed by atoms with van der Waals surface area (Å²) in [5.74, 6) is 0. The zero-order chi connectivity index (χ0) is 23.2. The molecule has 2 aromatic heterocycles. The fraction of sp³-hybridized carbons (Fsp3) is 0.520. The average Bonchev–Trinajstić information content (AvgIpc) is 2.83. The van der Waals surface area contributed by atoms with E-state index in [1.54, 1.807) is 11.8 Å². The fourth-order valence-corrected chi connectivity index (χ4v) is 5.87. The Morgan fingerprint density at radius 1 is 0.939 bits per heavy atom. The van der Waals surface area contributed by atoms with Gasteiger partial charge in [0.2, 0.25) is 0 Å². The lowest BCUT2D eigenvalue weighted by molar-refractivity contribution is 0.0894. The van der Waals surface area contributed by atoms with Crippen molar-refractivity contribution in [2.24, 2.45) is 10.3 Å². The third-order valence-corrected chi connectivity index (χ3v) is 7.84. The molecule has 1 atom stereocenters. The number of rotatable bonds is 8. The Labute approximate surface area is 205 Å². The fourth-order valence-electron chi connectivity index (χ4n) is 4.34. The smallest absolute Gasteiger partial charge is 0.120 e. The van der Waals surface area contributed by atoms with Crippen LogP contribution in [0.4, 0.5) is 0 Å². The van der Waals surface area contributed by atoms with Crippen molar-refractivity contribution in [3.8, 4) is 0 Å². The number of hydrogen-bond acceptors (Lipinski definition) is 8. The van der Waals surface area contributed by atoms with Crippen molar-refractivity contribution in [1.29, 1.82) is 0 Å². The van der Waals surface area contributed by atoms with Crippen LogP contribution >= 0.6 is 23.5 Å². The van der Waals surface area contributed by atoms with E-state index in [1.807, 2.05) is 25.6 Å². The third kappa shape index (κ3) is 5.72. The number of hydrogen-bond donors (Lipinski definition) is 0. The second-order valence-corrected chi connectivity index (χ2v) is 10.3. The van der Waals surface area contributed by atoms with Crippen LogP contribution in [0.1, 0.15) is 71.3 Å². The van der Waals surface area contributed by atoms with Crippen LogP contribution < -0.4 is 0 Å². The van der Waals surface area contributed by atoms with Gasteiger partial charge in [0.15, 0.2) is 0 Å². The van der Waals surface area contributed by atoms with Crippen LogP contribution in [0, 0.1) is 13.8 Å². The maximum atomic E-state index is 5.63. The molecule has 0 saturated carbocycles. The van der Waals surface area contributed by atoms with Crippen molar-refractivity contribution in [3.05, 3.63) is 52.1 Å². The van der Waals surface area contributed by atoms with Crippen LogP contribution in [0.15, 0.2) is 33.4 Å². The lowest BCUT2D eigenvalue weighted by atomic mass is 9.93. The van der Waals surface area contributed by atoms with Crippen LogP contribution in [0.2, 0.25) is 0 Å². The molecule has 0 saturated heterocycles. The molecule has 2 heterocycles. The van der Waals surface area contributed by atoms with E-state index < -0.39 is 0 Å². The highest BCUT2D eigenvalue weighted by Crippen LogP contribution is 2.38. The van der Waals surface area contributed by atoms with E-state index in [0.717, 1.165) is 72.7 Å². The minimum absolute atomic E-state index is 0.481. The summed E-state index contributed by atoms with van der Waals surface area (Å²) in [4.78, 5) is 22.0. The van der Waals surface area contributed by atoms with Gasteiger partial charge in [0, 0.05) is 28.0 Å². The normalized spacial score (nSPS) is 19.9. The van der Waals surface area contributed by atoms with Crippen molar-refractivity contribution < 1.29 is 9.68 Å². The van der Waals surface area contributed by atoms with Crippen molar-refractivity contribution in [3.63, 3.8) is 0 Å². The third-order valence-electron chi connectivity index (χ3n) is 5.98. The maximum Gasteiger partial charge on any atom is 0.120 e. The van der Waals surface area contributed by atoms with E-state index >= 15 is 0 Å². The molecule has 33 heavy (non-hydrogen) atoms. The lowest BCUT2D eigenvalue weighted by Gasteiger charge is -2.24. The molecule has 176 valence electrons. The average molecular weight is 485 g/mol. The van der Waals surface area contributed by atoms with Crippen molar-refractivity contribution in [2.45, 2.75) is 62.5 Å². The lowest BCUT2D eigenvalue weighted by Crippen LogP contribution is -2.18. The van der Waals surface area contributed by atoms with Gasteiger partial charge in [0.25, 0.3) is 0 Å². The van der Waals surface area contributed by atoms with Gasteiger partial charge in [-0.25, -0.2) is 0 Å². The summed E-state index contributed by atoms with van der Waals surface area (Å²) >= 11 is 3.65. The van der Waals surface area contributed by atoms with Gasteiger partial charge in [-0.3, -0.25) is 9.97 Å². The van der Waals surface area contributed by atoms with E-state index in [9.17, 15) is 0 Å². The Morgan fingerprint density at radius 2 is 1.67 bits per heavy atom. The van der Waals surface area contributed by atoms with E-state index in [4.69, 9.17) is 19.6 Å². The van der Waals surface area contributed by atoms with Crippen LogP contribution in [0.25, 0.3) is 0 Å². The van der Waals surface area contributed by atoms with Crippen LogP contribution in [0.5, 0.6) is 0 Å². The minimum atomic E-state index is 0.481. The zero-order valence-electron chi connectivity index (χ0n) is 19.9. The maximum absolute atomic E-state index is 5.63. The van der Waals surface area contributed by atoms with Gasteiger partial charge < -0.3 is 9.68 Å². The summed E-state index contributed by atoms with van der Waals surface area (Å²) in [6.07, 6.45) is 9.99. The van der Waals surface area contributed by atoms with Crippen molar-refractivity contribution in [2.75, 3.05) is 25.7 Å². The summed E-state index contributed by atoms with van der Waals surface area (Å²) in [6.45, 7) is 5.04.